The van der Waals surface area contributed by atoms with Crippen molar-refractivity contribution in [2.24, 2.45) is 0 Å². The van der Waals surface area contributed by atoms with Crippen molar-refractivity contribution < 1.29 is 4.42 Å². The lowest BCUT2D eigenvalue weighted by Crippen LogP contribution is -2.62. The molecule has 2 aliphatic heterocycles. The summed E-state index contributed by atoms with van der Waals surface area (Å²) in [5, 5.41) is 2.13. The Kier molecular flexibility index (Phi) is 13.3. The zero-order chi connectivity index (χ0) is 60.4. The summed E-state index contributed by atoms with van der Waals surface area (Å²) in [6, 6.07) is 76.0. The van der Waals surface area contributed by atoms with Crippen LogP contribution in [-0.2, 0) is 27.1 Å². The zero-order valence-corrected chi connectivity index (χ0v) is 52.8. The molecule has 13 rings (SSSR count). The molecule has 0 N–H and O–H groups in total. The first kappa shape index (κ1) is 56.3. The highest BCUT2D eigenvalue weighted by atomic mass is 16.3. The van der Waals surface area contributed by atoms with Gasteiger partial charge in [0, 0.05) is 50.6 Å². The van der Waals surface area contributed by atoms with Gasteiger partial charge < -0.3 is 4.42 Å². The Morgan fingerprint density at radius 1 is 0.349 bits per heavy atom. The summed E-state index contributed by atoms with van der Waals surface area (Å²) in [6.07, 6.45) is 0. The Labute approximate surface area is 510 Å². The van der Waals surface area contributed by atoms with Crippen molar-refractivity contribution in [3.05, 3.63) is 234 Å². The van der Waals surface area contributed by atoms with Gasteiger partial charge in [0.25, 0.3) is 6.71 Å². The third-order valence-corrected chi connectivity index (χ3v) is 17.7. The zero-order valence-electron chi connectivity index (χ0n) is 52.8. The Balaban J connectivity index is 1.10. The Morgan fingerprint density at radius 3 is 1.16 bits per heavy atom. The molecule has 0 unspecified atom stereocenters. The SMILES string of the molecule is CC(C)(C)c1ccc(N(c2ccc(C(C)(C)C)cc2)c2ccc3c(n2)N(c2ccccc2)c2cc(C(C)(C)C)cc4c2B3c2ccc(N(c3ccc(C(C)(C)C)cc3)c3ccc(C(C)(C)C)cc3)nc2N4c2cccc3c2oc2ccccc23)cc1. The molecule has 0 aliphatic carbocycles. The van der Waals surface area contributed by atoms with Gasteiger partial charge in [0.15, 0.2) is 5.58 Å². The van der Waals surface area contributed by atoms with Crippen LogP contribution in [0.3, 0.4) is 0 Å². The quantitative estimate of drug-likeness (QED) is 0.141. The monoisotopic (exact) mass is 1130 g/mol. The van der Waals surface area contributed by atoms with Crippen molar-refractivity contribution in [3.8, 4) is 0 Å². The lowest BCUT2D eigenvalue weighted by Gasteiger charge is -2.44. The number of rotatable bonds is 8. The number of furan rings is 1. The van der Waals surface area contributed by atoms with Crippen molar-refractivity contribution in [3.63, 3.8) is 0 Å². The lowest BCUT2D eigenvalue weighted by atomic mass is 9.34. The molecule has 0 atom stereocenters. The molecule has 8 heteroatoms. The number of pyridine rings is 2. The van der Waals surface area contributed by atoms with E-state index in [0.29, 0.717) is 0 Å². The minimum atomic E-state index is -0.274. The molecule has 5 heterocycles. The van der Waals surface area contributed by atoms with Gasteiger partial charge in [-0.1, -0.05) is 213 Å². The predicted octanol–water partition coefficient (Wildman–Crippen LogP) is 19.9. The van der Waals surface area contributed by atoms with E-state index in [9.17, 15) is 0 Å². The number of hydrogen-bond donors (Lipinski definition) is 0. The van der Waals surface area contributed by atoms with E-state index in [4.69, 9.17) is 14.4 Å². The van der Waals surface area contributed by atoms with Crippen LogP contribution < -0.4 is 36.0 Å². The molecule has 430 valence electrons. The van der Waals surface area contributed by atoms with Crippen LogP contribution in [0.25, 0.3) is 21.9 Å². The second-order valence-electron chi connectivity index (χ2n) is 28.9. The molecule has 0 amide bonds. The molecule has 86 heavy (non-hydrogen) atoms. The highest BCUT2D eigenvalue weighted by Crippen LogP contribution is 2.50. The summed E-state index contributed by atoms with van der Waals surface area (Å²) < 4.78 is 7.05. The third-order valence-electron chi connectivity index (χ3n) is 17.7. The predicted molar refractivity (Wildman–Crippen MR) is 366 cm³/mol. The van der Waals surface area contributed by atoms with Crippen LogP contribution in [0.15, 0.2) is 211 Å². The van der Waals surface area contributed by atoms with Crippen LogP contribution in [0, 0.1) is 0 Å². The maximum atomic E-state index is 7.05. The molecule has 8 aromatic carbocycles. The van der Waals surface area contributed by atoms with Crippen LogP contribution in [-0.4, -0.2) is 16.7 Å². The standard InChI is InChI=1S/C78H79BN6O/c1-74(2,3)50-28-36-56(37-29-50)82(57-38-30-51(31-39-57)75(4,5)6)68-46-44-62-72(80-68)84(55-22-17-16-18-23-55)65-48-54(78(13,14)15)49-66-70(65)79(62)63-45-47-69(81-73(63)85(66)64-26-21-25-61-60-24-19-20-27-67(60)86-71(61)64)83(58-40-32-52(33-41-58)76(7,8)9)59-42-34-53(35-43-59)77(10,11)12/h16-49H,1-15H3. The fourth-order valence-electron chi connectivity index (χ4n) is 12.6. The van der Waals surface area contributed by atoms with Crippen LogP contribution in [0.1, 0.15) is 132 Å². The molecule has 0 fully saturated rings. The van der Waals surface area contributed by atoms with Crippen LogP contribution >= 0.6 is 0 Å². The van der Waals surface area contributed by atoms with Gasteiger partial charge in [-0.2, -0.15) is 0 Å². The molecule has 7 nitrogen and oxygen atoms in total. The Bertz CT molecular complexity index is 4240. The van der Waals surface area contributed by atoms with E-state index in [2.05, 4.69) is 330 Å². The summed E-state index contributed by atoms with van der Waals surface area (Å²) >= 11 is 0. The van der Waals surface area contributed by atoms with Crippen LogP contribution in [0.4, 0.5) is 68.8 Å². The Morgan fingerprint density at radius 2 is 0.733 bits per heavy atom. The van der Waals surface area contributed by atoms with Gasteiger partial charge in [-0.3, -0.25) is 19.6 Å². The van der Waals surface area contributed by atoms with Gasteiger partial charge in [-0.15, -0.1) is 0 Å². The first-order valence-electron chi connectivity index (χ1n) is 30.6. The second kappa shape index (κ2) is 20.4. The van der Waals surface area contributed by atoms with Crippen molar-refractivity contribution in [2.45, 2.75) is 131 Å². The molecule has 0 spiro atoms. The maximum Gasteiger partial charge on any atom is 0.256 e. The Hall–Kier alpha value is -8.88. The average molecular weight is 1130 g/mol. The van der Waals surface area contributed by atoms with Crippen molar-refractivity contribution in [1.82, 2.24) is 9.97 Å². The minimum Gasteiger partial charge on any atom is -0.454 e. The normalized spacial score (nSPS) is 13.5. The fraction of sp³-hybridized carbons (Fsp3) is 0.256. The molecule has 0 radical (unpaired) electrons. The number of aromatic nitrogens is 2. The largest absolute Gasteiger partial charge is 0.454 e. The number of nitrogens with zero attached hydrogens (tertiary/aromatic N) is 6. The number of hydrogen-bond acceptors (Lipinski definition) is 7. The van der Waals surface area contributed by atoms with E-state index in [1.54, 1.807) is 0 Å². The lowest BCUT2D eigenvalue weighted by molar-refractivity contribution is 0.590. The van der Waals surface area contributed by atoms with E-state index in [0.717, 1.165) is 102 Å². The van der Waals surface area contributed by atoms with Crippen LogP contribution in [0.5, 0.6) is 0 Å². The average Bonchev–Trinajstić information content (AvgIpc) is 0.805. The molecule has 0 saturated heterocycles. The van der Waals surface area contributed by atoms with Crippen molar-refractivity contribution in [1.29, 1.82) is 0 Å². The number of anilines is 12. The number of para-hydroxylation sites is 3. The van der Waals surface area contributed by atoms with Gasteiger partial charge in [-0.05, 0) is 168 Å². The molecule has 0 bridgehead atoms. The van der Waals surface area contributed by atoms with Gasteiger partial charge in [0.2, 0.25) is 0 Å². The summed E-state index contributed by atoms with van der Waals surface area (Å²) in [4.78, 5) is 21.5. The summed E-state index contributed by atoms with van der Waals surface area (Å²) in [7, 11) is 0. The fourth-order valence-corrected chi connectivity index (χ4v) is 12.6. The minimum absolute atomic E-state index is 0.0100. The van der Waals surface area contributed by atoms with Crippen molar-refractivity contribution >= 4 is 114 Å². The topological polar surface area (TPSA) is 51.9 Å². The molecule has 2 aliphatic rings. The number of fused-ring (bicyclic) bond motifs is 7. The molecule has 3 aromatic heterocycles. The van der Waals surface area contributed by atoms with Gasteiger partial charge in [-0.25, -0.2) is 9.97 Å². The summed E-state index contributed by atoms with van der Waals surface area (Å²) in [6.45, 7) is 33.9. The van der Waals surface area contributed by atoms with Gasteiger partial charge >= 0.3 is 0 Å². The summed E-state index contributed by atoms with van der Waals surface area (Å²) in [5.41, 5.74) is 19.1. The van der Waals surface area contributed by atoms with E-state index in [1.165, 1.54) is 33.3 Å². The van der Waals surface area contributed by atoms with Crippen molar-refractivity contribution in [2.75, 3.05) is 19.6 Å². The highest BCUT2D eigenvalue weighted by Gasteiger charge is 2.46. The summed E-state index contributed by atoms with van der Waals surface area (Å²) in [5.74, 6) is 3.32. The number of benzene rings is 8. The maximum absolute atomic E-state index is 7.05. The van der Waals surface area contributed by atoms with E-state index in [1.807, 2.05) is 0 Å². The first-order chi connectivity index (χ1) is 40.8. The molecular formula is C78H79BN6O. The van der Waals surface area contributed by atoms with Crippen LogP contribution in [0.2, 0.25) is 0 Å². The smallest absolute Gasteiger partial charge is 0.256 e. The first-order valence-corrected chi connectivity index (χ1v) is 30.6. The molecular weight excluding hydrogens is 1050 g/mol. The van der Waals surface area contributed by atoms with E-state index < -0.39 is 0 Å². The van der Waals surface area contributed by atoms with E-state index in [-0.39, 0.29) is 33.8 Å². The second-order valence-corrected chi connectivity index (χ2v) is 28.9. The highest BCUT2D eigenvalue weighted by molar-refractivity contribution is 7.00. The third kappa shape index (κ3) is 9.91. The molecule has 11 aromatic rings. The van der Waals surface area contributed by atoms with Gasteiger partial charge in [0.1, 0.15) is 28.9 Å². The van der Waals surface area contributed by atoms with E-state index >= 15 is 0 Å². The van der Waals surface area contributed by atoms with Gasteiger partial charge in [0.05, 0.1) is 5.69 Å². The molecule has 0 saturated carbocycles.